The van der Waals surface area contributed by atoms with E-state index in [1.807, 2.05) is 13.8 Å². The second-order valence-corrected chi connectivity index (χ2v) is 5.15. The van der Waals surface area contributed by atoms with Gasteiger partial charge in [-0.2, -0.15) is 0 Å². The smallest absolute Gasteiger partial charge is 0.237 e. The summed E-state index contributed by atoms with van der Waals surface area (Å²) in [4.78, 5) is 11.5. The van der Waals surface area contributed by atoms with E-state index < -0.39 is 0 Å². The molecule has 82 valence electrons. The maximum atomic E-state index is 11.5. The summed E-state index contributed by atoms with van der Waals surface area (Å²) in [5.41, 5.74) is 6.08. The Morgan fingerprint density at radius 1 is 1.50 bits per heavy atom. The zero-order chi connectivity index (χ0) is 10.8. The van der Waals surface area contributed by atoms with Crippen molar-refractivity contribution in [3.05, 3.63) is 0 Å². The normalized spacial score (nSPS) is 21.5. The Bertz CT molecular complexity index is 209. The van der Waals surface area contributed by atoms with Gasteiger partial charge in [0.1, 0.15) is 0 Å². The Labute approximate surface area is 86.4 Å². The van der Waals surface area contributed by atoms with Crippen LogP contribution in [0.3, 0.4) is 0 Å². The second-order valence-electron chi connectivity index (χ2n) is 5.15. The molecular weight excluding hydrogens is 176 g/mol. The van der Waals surface area contributed by atoms with Crippen molar-refractivity contribution in [1.82, 2.24) is 5.32 Å². The maximum Gasteiger partial charge on any atom is 0.237 e. The van der Waals surface area contributed by atoms with Crippen LogP contribution in [0, 0.1) is 11.3 Å². The van der Waals surface area contributed by atoms with E-state index in [1.165, 1.54) is 19.3 Å². The van der Waals surface area contributed by atoms with Gasteiger partial charge in [0.25, 0.3) is 0 Å². The summed E-state index contributed by atoms with van der Waals surface area (Å²) in [6, 6.07) is -0.362. The van der Waals surface area contributed by atoms with Crippen LogP contribution in [-0.2, 0) is 4.79 Å². The number of rotatable bonds is 4. The van der Waals surface area contributed by atoms with E-state index in [2.05, 4.69) is 12.2 Å². The molecule has 0 saturated heterocycles. The molecule has 1 unspecified atom stereocenters. The molecule has 0 bridgehead atoms. The molecule has 0 spiro atoms. The second kappa shape index (κ2) is 4.30. The number of carbonyl (C=O) groups excluding carboxylic acids is 1. The van der Waals surface area contributed by atoms with Gasteiger partial charge < -0.3 is 11.1 Å². The topological polar surface area (TPSA) is 55.1 Å². The largest absolute Gasteiger partial charge is 0.354 e. The molecule has 0 aromatic carbocycles. The number of nitrogens with two attached hydrogens (primary N) is 1. The van der Waals surface area contributed by atoms with E-state index in [9.17, 15) is 4.79 Å². The van der Waals surface area contributed by atoms with E-state index in [0.717, 1.165) is 6.54 Å². The molecule has 1 aliphatic carbocycles. The molecule has 14 heavy (non-hydrogen) atoms. The van der Waals surface area contributed by atoms with Gasteiger partial charge in [0, 0.05) is 6.54 Å². The van der Waals surface area contributed by atoms with Crippen LogP contribution in [0.4, 0.5) is 0 Å². The molecule has 3 nitrogen and oxygen atoms in total. The average molecular weight is 198 g/mol. The minimum Gasteiger partial charge on any atom is -0.354 e. The number of carbonyl (C=O) groups is 1. The minimum atomic E-state index is -0.362. The lowest BCUT2D eigenvalue weighted by molar-refractivity contribution is -0.124. The zero-order valence-electron chi connectivity index (χ0n) is 9.47. The van der Waals surface area contributed by atoms with E-state index in [4.69, 9.17) is 5.73 Å². The highest BCUT2D eigenvalue weighted by atomic mass is 16.2. The highest BCUT2D eigenvalue weighted by Gasteiger charge is 2.32. The molecule has 0 radical (unpaired) electrons. The van der Waals surface area contributed by atoms with Crippen LogP contribution in [0.5, 0.6) is 0 Å². The first-order valence-electron chi connectivity index (χ1n) is 5.48. The number of amides is 1. The van der Waals surface area contributed by atoms with Crippen LogP contribution in [0.1, 0.15) is 40.0 Å². The number of nitrogens with one attached hydrogen (secondary N) is 1. The molecule has 0 aromatic heterocycles. The van der Waals surface area contributed by atoms with Crippen molar-refractivity contribution in [2.75, 3.05) is 6.54 Å². The number of hydrogen-bond donors (Lipinski definition) is 2. The summed E-state index contributed by atoms with van der Waals surface area (Å²) in [6.07, 6.45) is 3.75. The van der Waals surface area contributed by atoms with Gasteiger partial charge in [0.15, 0.2) is 0 Å². The first-order valence-corrected chi connectivity index (χ1v) is 5.48. The van der Waals surface area contributed by atoms with Gasteiger partial charge >= 0.3 is 0 Å². The van der Waals surface area contributed by atoms with E-state index in [0.29, 0.717) is 5.41 Å². The lowest BCUT2D eigenvalue weighted by Crippen LogP contribution is -2.48. The van der Waals surface area contributed by atoms with Crippen molar-refractivity contribution >= 4 is 5.91 Å². The fourth-order valence-electron chi connectivity index (χ4n) is 1.68. The quantitative estimate of drug-likeness (QED) is 0.715. The van der Waals surface area contributed by atoms with Crippen molar-refractivity contribution < 1.29 is 4.79 Å². The Balaban J connectivity index is 2.27. The Morgan fingerprint density at radius 2 is 2.07 bits per heavy atom. The summed E-state index contributed by atoms with van der Waals surface area (Å²) < 4.78 is 0. The Hall–Kier alpha value is -0.570. The third-order valence-corrected chi connectivity index (χ3v) is 3.27. The van der Waals surface area contributed by atoms with E-state index >= 15 is 0 Å². The van der Waals surface area contributed by atoms with Gasteiger partial charge in [0.2, 0.25) is 5.91 Å². The van der Waals surface area contributed by atoms with Gasteiger partial charge in [0.05, 0.1) is 6.04 Å². The molecule has 0 aromatic rings. The van der Waals surface area contributed by atoms with Crippen LogP contribution in [0.2, 0.25) is 0 Å². The molecule has 1 amide bonds. The third-order valence-electron chi connectivity index (χ3n) is 3.27. The summed E-state index contributed by atoms with van der Waals surface area (Å²) >= 11 is 0. The first-order chi connectivity index (χ1) is 6.44. The van der Waals surface area contributed by atoms with Crippen LogP contribution < -0.4 is 11.1 Å². The Kier molecular flexibility index (Phi) is 3.53. The zero-order valence-corrected chi connectivity index (χ0v) is 9.47. The van der Waals surface area contributed by atoms with Crippen LogP contribution in [-0.4, -0.2) is 18.5 Å². The van der Waals surface area contributed by atoms with Gasteiger partial charge in [-0.1, -0.05) is 27.2 Å². The SMILES string of the molecule is CC(C)C(N)C(=O)NCC1(C)CCC1. The third kappa shape index (κ3) is 2.71. The van der Waals surface area contributed by atoms with Gasteiger partial charge in [-0.05, 0) is 24.2 Å². The van der Waals surface area contributed by atoms with Crippen LogP contribution in [0.25, 0.3) is 0 Å². The van der Waals surface area contributed by atoms with Crippen molar-refractivity contribution in [1.29, 1.82) is 0 Å². The fourth-order valence-corrected chi connectivity index (χ4v) is 1.68. The summed E-state index contributed by atoms with van der Waals surface area (Å²) in [6.45, 7) is 6.94. The Morgan fingerprint density at radius 3 is 2.43 bits per heavy atom. The predicted octanol–water partition coefficient (Wildman–Crippen LogP) is 1.28. The van der Waals surface area contributed by atoms with Crippen molar-refractivity contribution in [3.63, 3.8) is 0 Å². The predicted molar refractivity (Wildman–Crippen MR) is 57.8 cm³/mol. The average Bonchev–Trinajstić information content (AvgIpc) is 2.09. The summed E-state index contributed by atoms with van der Waals surface area (Å²) in [5.74, 6) is 0.206. The molecule has 1 saturated carbocycles. The van der Waals surface area contributed by atoms with Gasteiger partial charge in [-0.3, -0.25) is 4.79 Å². The fraction of sp³-hybridized carbons (Fsp3) is 0.909. The molecule has 1 fully saturated rings. The molecule has 3 N–H and O–H groups in total. The highest BCUT2D eigenvalue weighted by molar-refractivity contribution is 5.81. The lowest BCUT2D eigenvalue weighted by Gasteiger charge is -2.38. The summed E-state index contributed by atoms with van der Waals surface area (Å²) in [7, 11) is 0. The first kappa shape index (κ1) is 11.5. The monoisotopic (exact) mass is 198 g/mol. The van der Waals surface area contributed by atoms with Crippen molar-refractivity contribution in [3.8, 4) is 0 Å². The lowest BCUT2D eigenvalue weighted by atomic mass is 9.70. The summed E-state index contributed by atoms with van der Waals surface area (Å²) in [5, 5.41) is 2.94. The van der Waals surface area contributed by atoms with Crippen LogP contribution >= 0.6 is 0 Å². The van der Waals surface area contributed by atoms with Crippen LogP contribution in [0.15, 0.2) is 0 Å². The molecular formula is C11H22N2O. The molecule has 1 rings (SSSR count). The standard InChI is InChI=1S/C11H22N2O/c1-8(2)9(12)10(14)13-7-11(3)5-4-6-11/h8-9H,4-7,12H2,1-3H3,(H,13,14). The molecule has 1 atom stereocenters. The highest BCUT2D eigenvalue weighted by Crippen LogP contribution is 2.39. The van der Waals surface area contributed by atoms with Gasteiger partial charge in [-0.25, -0.2) is 0 Å². The molecule has 0 heterocycles. The molecule has 1 aliphatic rings. The maximum absolute atomic E-state index is 11.5. The molecule has 3 heteroatoms. The van der Waals surface area contributed by atoms with E-state index in [1.54, 1.807) is 0 Å². The van der Waals surface area contributed by atoms with Crippen molar-refractivity contribution in [2.45, 2.75) is 46.1 Å². The number of hydrogen-bond acceptors (Lipinski definition) is 2. The van der Waals surface area contributed by atoms with E-state index in [-0.39, 0.29) is 17.9 Å². The van der Waals surface area contributed by atoms with Gasteiger partial charge in [-0.15, -0.1) is 0 Å². The van der Waals surface area contributed by atoms with Crippen molar-refractivity contribution in [2.24, 2.45) is 17.1 Å². The molecule has 0 aliphatic heterocycles. The minimum absolute atomic E-state index is 0.00637.